The van der Waals surface area contributed by atoms with Gasteiger partial charge in [-0.1, -0.05) is 11.3 Å². The molecule has 10 heavy (non-hydrogen) atoms. The van der Waals surface area contributed by atoms with Crippen molar-refractivity contribution in [1.29, 1.82) is 5.26 Å². The topological polar surface area (TPSA) is 48.8 Å². The fourth-order valence-corrected chi connectivity index (χ4v) is 1.48. The van der Waals surface area contributed by atoms with E-state index >= 15 is 0 Å². The maximum atomic E-state index is 8.48. The van der Waals surface area contributed by atoms with Crippen LogP contribution in [0.3, 0.4) is 0 Å². The van der Waals surface area contributed by atoms with Crippen molar-refractivity contribution in [2.45, 2.75) is 0 Å². The Morgan fingerprint density at radius 3 is 2.90 bits per heavy atom. The molecule has 52 valence electrons. The summed E-state index contributed by atoms with van der Waals surface area (Å²) < 4.78 is 5.39. The Morgan fingerprint density at radius 1 is 1.80 bits per heavy atom. The highest BCUT2D eigenvalue weighted by molar-refractivity contribution is 7.73. The first-order valence-corrected chi connectivity index (χ1v) is 3.67. The fraction of sp³-hybridized carbons (Fsp3) is 0.200. The summed E-state index contributed by atoms with van der Waals surface area (Å²) in [4.78, 5) is 3.23. The van der Waals surface area contributed by atoms with Crippen molar-refractivity contribution in [2.24, 2.45) is 0 Å². The molecule has 0 amide bonds. The van der Waals surface area contributed by atoms with E-state index in [4.69, 9.17) is 22.2 Å². The molecule has 0 spiro atoms. The molecule has 0 saturated carbocycles. The van der Waals surface area contributed by atoms with Crippen LogP contribution in [0.4, 0.5) is 0 Å². The van der Waals surface area contributed by atoms with E-state index in [-0.39, 0.29) is 0 Å². The monoisotopic (exact) mass is 172 g/mol. The van der Waals surface area contributed by atoms with Gasteiger partial charge in [0.1, 0.15) is 6.07 Å². The summed E-state index contributed by atoms with van der Waals surface area (Å²) in [6, 6.07) is 1.96. The number of thiazole rings is 1. The van der Waals surface area contributed by atoms with Gasteiger partial charge >= 0.3 is 0 Å². The Kier molecular flexibility index (Phi) is 2.04. The third-order valence-corrected chi connectivity index (χ3v) is 2.04. The Labute approximate surface area is 66.9 Å². The van der Waals surface area contributed by atoms with Gasteiger partial charge < -0.3 is 9.72 Å². The molecule has 1 rings (SSSR count). The average molecular weight is 172 g/mol. The molecule has 5 heteroatoms. The van der Waals surface area contributed by atoms with Gasteiger partial charge in [0.15, 0.2) is 8.83 Å². The van der Waals surface area contributed by atoms with Gasteiger partial charge in [0.05, 0.1) is 7.11 Å². The lowest BCUT2D eigenvalue weighted by molar-refractivity contribution is 0.399. The summed E-state index contributed by atoms with van der Waals surface area (Å²) >= 11 is 6.00. The SMILES string of the molecule is COc1[nH]c(=S)sc1C#N. The van der Waals surface area contributed by atoms with Crippen molar-refractivity contribution in [2.75, 3.05) is 7.11 Å². The molecule has 0 bridgehead atoms. The molecule has 0 aliphatic carbocycles. The number of nitrogens with one attached hydrogen (secondary N) is 1. The number of rotatable bonds is 1. The summed E-state index contributed by atoms with van der Waals surface area (Å²) in [5.41, 5.74) is 0. The van der Waals surface area contributed by atoms with Gasteiger partial charge in [-0.05, 0) is 12.2 Å². The maximum Gasteiger partial charge on any atom is 0.221 e. The highest BCUT2D eigenvalue weighted by atomic mass is 32.1. The Hall–Kier alpha value is -0.860. The van der Waals surface area contributed by atoms with Crippen LogP contribution in [0.2, 0.25) is 0 Å². The summed E-state index contributed by atoms with van der Waals surface area (Å²) in [6.45, 7) is 0. The van der Waals surface area contributed by atoms with Crippen LogP contribution < -0.4 is 4.74 Å². The molecule has 1 heterocycles. The number of hydrogen-bond acceptors (Lipinski definition) is 4. The highest BCUT2D eigenvalue weighted by Gasteiger charge is 2.03. The largest absolute Gasteiger partial charge is 0.481 e. The number of nitrogens with zero attached hydrogens (tertiary/aromatic N) is 1. The quantitative estimate of drug-likeness (QED) is 0.656. The van der Waals surface area contributed by atoms with E-state index in [1.807, 2.05) is 6.07 Å². The molecule has 0 aliphatic heterocycles. The molecule has 0 unspecified atom stereocenters. The van der Waals surface area contributed by atoms with Crippen LogP contribution in [-0.4, -0.2) is 12.1 Å². The second kappa shape index (κ2) is 2.82. The van der Waals surface area contributed by atoms with Gasteiger partial charge in [0.2, 0.25) is 5.88 Å². The Morgan fingerprint density at radius 2 is 2.50 bits per heavy atom. The number of H-pyrrole nitrogens is 1. The predicted octanol–water partition coefficient (Wildman–Crippen LogP) is 1.69. The van der Waals surface area contributed by atoms with Crippen LogP contribution in [0, 0.1) is 15.3 Å². The summed E-state index contributed by atoms with van der Waals surface area (Å²) in [7, 11) is 1.49. The second-order valence-corrected chi connectivity index (χ2v) is 3.18. The third kappa shape index (κ3) is 1.17. The zero-order valence-corrected chi connectivity index (χ0v) is 6.80. The van der Waals surface area contributed by atoms with Crippen LogP contribution in [-0.2, 0) is 0 Å². The molecule has 0 aromatic carbocycles. The third-order valence-electron chi connectivity index (χ3n) is 0.922. The normalized spacial score (nSPS) is 8.80. The summed E-state index contributed by atoms with van der Waals surface area (Å²) in [5.74, 6) is 0.456. The number of methoxy groups -OCH3 is 1. The molecule has 1 aromatic rings. The van der Waals surface area contributed by atoms with Crippen LogP contribution >= 0.6 is 23.6 Å². The number of ether oxygens (including phenoxy) is 1. The average Bonchev–Trinajstić information content (AvgIpc) is 2.30. The molecule has 3 nitrogen and oxygen atoms in total. The molecule has 0 atom stereocenters. The van der Waals surface area contributed by atoms with Crippen LogP contribution in [0.5, 0.6) is 5.88 Å². The molecular formula is C5H4N2OS2. The van der Waals surface area contributed by atoms with Crippen LogP contribution in [0.15, 0.2) is 0 Å². The van der Waals surface area contributed by atoms with E-state index in [1.165, 1.54) is 18.4 Å². The Balaban J connectivity index is 3.25. The lowest BCUT2D eigenvalue weighted by Crippen LogP contribution is -1.83. The minimum atomic E-state index is 0.456. The zero-order chi connectivity index (χ0) is 7.56. The number of aromatic nitrogens is 1. The predicted molar refractivity (Wildman–Crippen MR) is 40.8 cm³/mol. The number of nitriles is 1. The molecule has 0 saturated heterocycles. The van der Waals surface area contributed by atoms with Crippen molar-refractivity contribution in [3.63, 3.8) is 0 Å². The first-order valence-electron chi connectivity index (χ1n) is 2.45. The Bertz CT molecular complexity index is 319. The van der Waals surface area contributed by atoms with E-state index in [1.54, 1.807) is 0 Å². The van der Waals surface area contributed by atoms with E-state index in [2.05, 4.69) is 4.98 Å². The first kappa shape index (κ1) is 7.25. The van der Waals surface area contributed by atoms with E-state index in [0.717, 1.165) is 0 Å². The van der Waals surface area contributed by atoms with Gasteiger partial charge in [-0.3, -0.25) is 0 Å². The molecule has 1 aromatic heterocycles. The lowest BCUT2D eigenvalue weighted by Gasteiger charge is -1.90. The number of hydrogen-bond donors (Lipinski definition) is 1. The van der Waals surface area contributed by atoms with Crippen molar-refractivity contribution in [3.05, 3.63) is 8.83 Å². The van der Waals surface area contributed by atoms with Crippen LogP contribution in [0.25, 0.3) is 0 Å². The second-order valence-electron chi connectivity index (χ2n) is 1.49. The van der Waals surface area contributed by atoms with Gasteiger partial charge in [-0.15, -0.1) is 0 Å². The van der Waals surface area contributed by atoms with Crippen molar-refractivity contribution in [3.8, 4) is 11.9 Å². The van der Waals surface area contributed by atoms with Gasteiger partial charge in [0.25, 0.3) is 0 Å². The smallest absolute Gasteiger partial charge is 0.221 e. The van der Waals surface area contributed by atoms with Gasteiger partial charge in [-0.25, -0.2) is 0 Å². The van der Waals surface area contributed by atoms with E-state index in [9.17, 15) is 0 Å². The molecule has 0 fully saturated rings. The summed E-state index contributed by atoms with van der Waals surface area (Å²) in [5, 5.41) is 8.48. The number of aromatic amines is 1. The molecular weight excluding hydrogens is 168 g/mol. The standard InChI is InChI=1S/C5H4N2OS2/c1-8-4-3(2-6)10-5(9)7-4/h1H3,(H,7,9). The van der Waals surface area contributed by atoms with Gasteiger partial charge in [-0.2, -0.15) is 5.26 Å². The van der Waals surface area contributed by atoms with Crippen molar-refractivity contribution >= 4 is 23.6 Å². The van der Waals surface area contributed by atoms with Crippen molar-refractivity contribution < 1.29 is 4.74 Å². The minimum Gasteiger partial charge on any atom is -0.481 e. The van der Waals surface area contributed by atoms with E-state index in [0.29, 0.717) is 14.7 Å². The molecule has 0 radical (unpaired) electrons. The minimum absolute atomic E-state index is 0.456. The first-order chi connectivity index (χ1) is 4.77. The highest BCUT2D eigenvalue weighted by Crippen LogP contribution is 2.20. The molecule has 1 N–H and O–H groups in total. The maximum absolute atomic E-state index is 8.48. The van der Waals surface area contributed by atoms with E-state index < -0.39 is 0 Å². The zero-order valence-electron chi connectivity index (χ0n) is 5.17. The fourth-order valence-electron chi connectivity index (χ4n) is 0.531. The van der Waals surface area contributed by atoms with Gasteiger partial charge in [0, 0.05) is 0 Å². The lowest BCUT2D eigenvalue weighted by atomic mass is 10.6. The van der Waals surface area contributed by atoms with Crippen LogP contribution in [0.1, 0.15) is 4.88 Å². The molecule has 0 aliphatic rings. The van der Waals surface area contributed by atoms with Crippen molar-refractivity contribution in [1.82, 2.24) is 4.98 Å². The summed E-state index contributed by atoms with van der Waals surface area (Å²) in [6.07, 6.45) is 0.